The lowest BCUT2D eigenvalue weighted by atomic mass is 10.1. The van der Waals surface area contributed by atoms with Crippen molar-refractivity contribution in [2.75, 3.05) is 46.6 Å². The van der Waals surface area contributed by atoms with Gasteiger partial charge in [-0.3, -0.25) is 19.2 Å². The summed E-state index contributed by atoms with van der Waals surface area (Å²) in [7, 11) is 3.24. The molecule has 45 heavy (non-hydrogen) atoms. The third-order valence-corrected chi connectivity index (χ3v) is 7.91. The fourth-order valence-corrected chi connectivity index (χ4v) is 5.43. The summed E-state index contributed by atoms with van der Waals surface area (Å²) in [5.74, 6) is 1.50. The van der Waals surface area contributed by atoms with Crippen LogP contribution < -0.4 is 19.8 Å². The highest BCUT2D eigenvalue weighted by molar-refractivity contribution is 5.92. The smallest absolute Gasteiger partial charge is 0.261 e. The highest BCUT2D eigenvalue weighted by atomic mass is 19.1. The van der Waals surface area contributed by atoms with Gasteiger partial charge in [0.1, 0.15) is 17.1 Å². The van der Waals surface area contributed by atoms with Gasteiger partial charge in [-0.2, -0.15) is 0 Å². The lowest BCUT2D eigenvalue weighted by Gasteiger charge is -2.26. The Bertz CT molecular complexity index is 1840. The van der Waals surface area contributed by atoms with E-state index in [1.807, 2.05) is 42.5 Å². The van der Waals surface area contributed by atoms with Crippen molar-refractivity contribution >= 4 is 10.9 Å². The van der Waals surface area contributed by atoms with Crippen LogP contribution in [0, 0.1) is 5.82 Å². The average molecular weight is 611 g/mol. The lowest BCUT2D eigenvalue weighted by molar-refractivity contribution is 0.0357. The van der Waals surface area contributed by atoms with E-state index in [1.54, 1.807) is 32.5 Å². The zero-order chi connectivity index (χ0) is 31.2. The molecule has 0 unspecified atom stereocenters. The lowest BCUT2D eigenvalue weighted by Crippen LogP contribution is -2.37. The number of pyridine rings is 1. The molecule has 9 nitrogen and oxygen atoms in total. The Morgan fingerprint density at radius 2 is 1.76 bits per heavy atom. The van der Waals surface area contributed by atoms with Gasteiger partial charge >= 0.3 is 0 Å². The van der Waals surface area contributed by atoms with Crippen molar-refractivity contribution in [2.45, 2.75) is 12.8 Å². The predicted molar refractivity (Wildman–Crippen MR) is 170 cm³/mol. The highest BCUT2D eigenvalue weighted by Gasteiger charge is 2.18. The minimum Gasteiger partial charge on any atom is -0.491 e. The molecule has 1 saturated heterocycles. The van der Waals surface area contributed by atoms with Crippen LogP contribution >= 0.6 is 0 Å². The molecule has 0 saturated carbocycles. The van der Waals surface area contributed by atoms with Crippen LogP contribution in [-0.2, 0) is 18.2 Å². The van der Waals surface area contributed by atoms with Crippen molar-refractivity contribution in [2.24, 2.45) is 7.05 Å². The zero-order valence-electron chi connectivity index (χ0n) is 25.4. The first kappa shape index (κ1) is 30.2. The fourth-order valence-electron chi connectivity index (χ4n) is 5.43. The van der Waals surface area contributed by atoms with Crippen LogP contribution in [0.5, 0.6) is 23.0 Å². The van der Waals surface area contributed by atoms with Gasteiger partial charge < -0.3 is 18.9 Å². The van der Waals surface area contributed by atoms with E-state index < -0.39 is 5.82 Å². The van der Waals surface area contributed by atoms with Gasteiger partial charge in [-0.25, -0.2) is 9.37 Å². The molecule has 0 atom stereocenters. The number of benzene rings is 3. The molecule has 10 heteroatoms. The number of aromatic nitrogens is 3. The van der Waals surface area contributed by atoms with E-state index in [0.29, 0.717) is 58.1 Å². The Morgan fingerprint density at radius 1 is 0.956 bits per heavy atom. The third kappa shape index (κ3) is 6.82. The van der Waals surface area contributed by atoms with Crippen LogP contribution in [-0.4, -0.2) is 66.0 Å². The summed E-state index contributed by atoms with van der Waals surface area (Å²) >= 11 is 0. The molecular formula is C35H35FN4O5. The quantitative estimate of drug-likeness (QED) is 0.178. The molecule has 0 N–H and O–H groups in total. The van der Waals surface area contributed by atoms with E-state index in [4.69, 9.17) is 18.9 Å². The predicted octanol–water partition coefficient (Wildman–Crippen LogP) is 5.63. The number of rotatable bonds is 11. The number of hydrogen-bond donors (Lipinski definition) is 0. The molecule has 3 aromatic carbocycles. The van der Waals surface area contributed by atoms with Crippen LogP contribution in [0.15, 0.2) is 83.9 Å². The Kier molecular flexibility index (Phi) is 9.33. The third-order valence-electron chi connectivity index (χ3n) is 7.91. The maximum Gasteiger partial charge on any atom is 0.261 e. The second kappa shape index (κ2) is 13.9. The van der Waals surface area contributed by atoms with Crippen LogP contribution in [0.1, 0.15) is 17.8 Å². The van der Waals surface area contributed by atoms with Crippen molar-refractivity contribution in [3.8, 4) is 34.1 Å². The minimum absolute atomic E-state index is 0.0131. The van der Waals surface area contributed by atoms with Gasteiger partial charge in [0.05, 0.1) is 32.5 Å². The summed E-state index contributed by atoms with van der Waals surface area (Å²) in [4.78, 5) is 24.6. The number of nitrogens with zero attached hydrogens (tertiary/aromatic N) is 4. The molecule has 1 fully saturated rings. The normalized spacial score (nSPS) is 13.6. The SMILES string of the molecule is COc1c(OCCCN2CCOCC2)ccc2c(Oc3ccc(-c4cnc(Cc5ccccc5)n(C)c4=O)cc3F)ccnc12. The summed E-state index contributed by atoms with van der Waals surface area (Å²) in [6.07, 6.45) is 4.47. The van der Waals surface area contributed by atoms with Crippen molar-refractivity contribution in [3.05, 3.63) is 107 Å². The first-order valence-corrected chi connectivity index (χ1v) is 15.0. The van der Waals surface area contributed by atoms with Gasteiger partial charge in [0, 0.05) is 50.9 Å². The Balaban J connectivity index is 1.18. The summed E-state index contributed by atoms with van der Waals surface area (Å²) < 4.78 is 40.1. The number of methoxy groups -OCH3 is 1. The van der Waals surface area contributed by atoms with Crippen LogP contribution in [0.25, 0.3) is 22.0 Å². The van der Waals surface area contributed by atoms with E-state index >= 15 is 4.39 Å². The van der Waals surface area contributed by atoms with Crippen molar-refractivity contribution in [3.63, 3.8) is 0 Å². The maximum atomic E-state index is 15.4. The molecule has 0 radical (unpaired) electrons. The summed E-state index contributed by atoms with van der Waals surface area (Å²) in [5.41, 5.74) is 2.05. The van der Waals surface area contributed by atoms with Gasteiger partial charge in [-0.15, -0.1) is 0 Å². The maximum absolute atomic E-state index is 15.4. The van der Waals surface area contributed by atoms with Gasteiger partial charge in [-0.1, -0.05) is 36.4 Å². The van der Waals surface area contributed by atoms with Crippen LogP contribution in [0.4, 0.5) is 4.39 Å². The zero-order valence-corrected chi connectivity index (χ0v) is 25.4. The molecule has 0 amide bonds. The van der Waals surface area contributed by atoms with E-state index in [9.17, 15) is 4.79 Å². The van der Waals surface area contributed by atoms with Gasteiger partial charge in [0.25, 0.3) is 5.56 Å². The van der Waals surface area contributed by atoms with Crippen molar-refractivity contribution in [1.29, 1.82) is 0 Å². The monoisotopic (exact) mass is 610 g/mol. The molecule has 5 aromatic rings. The number of morpholine rings is 1. The number of hydrogen-bond acceptors (Lipinski definition) is 8. The Morgan fingerprint density at radius 3 is 2.53 bits per heavy atom. The molecule has 1 aliphatic rings. The average Bonchev–Trinajstić information content (AvgIpc) is 3.07. The number of halogens is 1. The number of fused-ring (bicyclic) bond motifs is 1. The molecule has 3 heterocycles. The molecule has 1 aliphatic heterocycles. The second-order valence-corrected chi connectivity index (χ2v) is 10.8. The standard InChI is InChI=1S/C35H35FN4O5/c1-39-32(21-24-7-4-3-5-8-24)38-23-27(35(39)41)25-9-11-30(28(36)22-25)45-29-13-14-37-33-26(29)10-12-31(34(33)42-2)44-18-6-15-40-16-19-43-20-17-40/h3-5,7-14,22-23H,6,15-21H2,1-2H3. The molecule has 6 rings (SSSR count). The molecule has 0 spiro atoms. The first-order chi connectivity index (χ1) is 22.0. The van der Waals surface area contributed by atoms with Crippen molar-refractivity contribution in [1.82, 2.24) is 19.4 Å². The summed E-state index contributed by atoms with van der Waals surface area (Å²) in [6.45, 7) is 4.88. The molecule has 0 aliphatic carbocycles. The Labute approximate surface area is 260 Å². The van der Waals surface area contributed by atoms with Crippen molar-refractivity contribution < 1.29 is 23.3 Å². The topological polar surface area (TPSA) is 87.9 Å². The molecular weight excluding hydrogens is 575 g/mol. The fraction of sp³-hybridized carbons (Fsp3) is 0.286. The highest BCUT2D eigenvalue weighted by Crippen LogP contribution is 2.39. The van der Waals surface area contributed by atoms with E-state index in [-0.39, 0.29) is 11.3 Å². The van der Waals surface area contributed by atoms with E-state index in [0.717, 1.165) is 44.8 Å². The van der Waals surface area contributed by atoms with Gasteiger partial charge in [0.2, 0.25) is 0 Å². The summed E-state index contributed by atoms with van der Waals surface area (Å²) in [6, 6.07) is 19.6. The minimum atomic E-state index is -0.611. The first-order valence-electron chi connectivity index (χ1n) is 15.0. The Hall–Kier alpha value is -4.80. The second-order valence-electron chi connectivity index (χ2n) is 10.8. The van der Waals surface area contributed by atoms with E-state index in [2.05, 4.69) is 14.9 Å². The number of ether oxygens (including phenoxy) is 4. The molecule has 2 aromatic heterocycles. The molecule has 0 bridgehead atoms. The van der Waals surface area contributed by atoms with Gasteiger partial charge in [0.15, 0.2) is 23.1 Å². The summed E-state index contributed by atoms with van der Waals surface area (Å²) in [5, 5.41) is 0.644. The largest absolute Gasteiger partial charge is 0.491 e. The molecule has 232 valence electrons. The van der Waals surface area contributed by atoms with Crippen LogP contribution in [0.2, 0.25) is 0 Å². The van der Waals surface area contributed by atoms with Crippen LogP contribution in [0.3, 0.4) is 0 Å². The van der Waals surface area contributed by atoms with E-state index in [1.165, 1.54) is 22.9 Å². The van der Waals surface area contributed by atoms with Gasteiger partial charge in [-0.05, 0) is 47.9 Å².